The molecule has 0 aliphatic carbocycles. The van der Waals surface area contributed by atoms with Crippen LogP contribution in [-0.2, 0) is 14.4 Å². The predicted octanol–water partition coefficient (Wildman–Crippen LogP) is 3.70. The number of carbonyl (C=O) groups is 3. The summed E-state index contributed by atoms with van der Waals surface area (Å²) in [4.78, 5) is 41.0. The summed E-state index contributed by atoms with van der Waals surface area (Å²) in [7, 11) is 0. The highest BCUT2D eigenvalue weighted by atomic mass is 16.2. The Balaban J connectivity index is 1.32. The first kappa shape index (κ1) is 20.8. The van der Waals surface area contributed by atoms with E-state index in [0.29, 0.717) is 44.6 Å². The van der Waals surface area contributed by atoms with Crippen LogP contribution in [0.4, 0.5) is 11.4 Å². The summed E-state index contributed by atoms with van der Waals surface area (Å²) in [5, 5.41) is 3.02. The van der Waals surface area contributed by atoms with Gasteiger partial charge < -0.3 is 15.1 Å². The molecule has 4 rings (SSSR count). The van der Waals surface area contributed by atoms with E-state index < -0.39 is 0 Å². The molecule has 31 heavy (non-hydrogen) atoms. The Morgan fingerprint density at radius 2 is 1.65 bits per heavy atom. The van der Waals surface area contributed by atoms with E-state index in [0.717, 1.165) is 17.7 Å². The van der Waals surface area contributed by atoms with Crippen LogP contribution in [0.3, 0.4) is 0 Å². The third-order valence-corrected chi connectivity index (χ3v) is 5.92. The lowest BCUT2D eigenvalue weighted by molar-refractivity contribution is -0.130. The fraction of sp³-hybridized carbons (Fsp3) is 0.320. The van der Waals surface area contributed by atoms with Gasteiger partial charge in [0, 0.05) is 38.0 Å². The summed E-state index contributed by atoms with van der Waals surface area (Å²) in [6, 6.07) is 17.2. The molecule has 0 aromatic heterocycles. The van der Waals surface area contributed by atoms with Gasteiger partial charge in [0.05, 0.1) is 11.4 Å². The van der Waals surface area contributed by atoms with Crippen LogP contribution < -0.4 is 10.2 Å². The Labute approximate surface area is 182 Å². The van der Waals surface area contributed by atoms with E-state index in [2.05, 4.69) is 5.32 Å². The van der Waals surface area contributed by atoms with Gasteiger partial charge in [0.15, 0.2) is 0 Å². The van der Waals surface area contributed by atoms with Gasteiger partial charge in [0.1, 0.15) is 0 Å². The van der Waals surface area contributed by atoms with E-state index in [1.807, 2.05) is 60.7 Å². The molecule has 0 unspecified atom stereocenters. The number of amides is 3. The van der Waals surface area contributed by atoms with Gasteiger partial charge in [0.2, 0.25) is 17.7 Å². The van der Waals surface area contributed by atoms with Gasteiger partial charge >= 0.3 is 0 Å². The smallest absolute Gasteiger partial charge is 0.246 e. The molecule has 2 fully saturated rings. The van der Waals surface area contributed by atoms with Gasteiger partial charge in [0.25, 0.3) is 0 Å². The maximum absolute atomic E-state index is 12.9. The third kappa shape index (κ3) is 5.02. The van der Waals surface area contributed by atoms with E-state index in [9.17, 15) is 14.4 Å². The third-order valence-electron chi connectivity index (χ3n) is 5.92. The molecule has 2 heterocycles. The highest BCUT2D eigenvalue weighted by molar-refractivity contribution is 6.02. The topological polar surface area (TPSA) is 69.7 Å². The van der Waals surface area contributed by atoms with Crippen LogP contribution in [0.5, 0.6) is 0 Å². The molecule has 2 aliphatic rings. The molecule has 0 radical (unpaired) electrons. The quantitative estimate of drug-likeness (QED) is 0.754. The minimum atomic E-state index is -0.149. The van der Waals surface area contributed by atoms with Crippen molar-refractivity contribution >= 4 is 35.2 Å². The largest absolute Gasteiger partial charge is 0.339 e. The van der Waals surface area contributed by atoms with E-state index in [-0.39, 0.29) is 23.6 Å². The fourth-order valence-electron chi connectivity index (χ4n) is 4.15. The second kappa shape index (κ2) is 9.60. The molecule has 6 heteroatoms. The zero-order valence-corrected chi connectivity index (χ0v) is 17.5. The number of rotatable bonds is 5. The van der Waals surface area contributed by atoms with E-state index >= 15 is 0 Å². The Morgan fingerprint density at radius 1 is 0.935 bits per heavy atom. The van der Waals surface area contributed by atoms with Gasteiger partial charge in [-0.2, -0.15) is 0 Å². The summed E-state index contributed by atoms with van der Waals surface area (Å²) < 4.78 is 0. The van der Waals surface area contributed by atoms with E-state index in [1.165, 1.54) is 0 Å². The number of nitrogens with one attached hydrogen (secondary N) is 1. The number of carbonyl (C=O) groups excluding carboxylic acids is 3. The van der Waals surface area contributed by atoms with E-state index in [4.69, 9.17) is 0 Å². The maximum Gasteiger partial charge on any atom is 0.246 e. The SMILES string of the molecule is O=C(Nc1ccccc1N1CCCC1=O)C1CCN(C(=O)/C=C/c2ccccc2)CC1. The average Bonchev–Trinajstić information content (AvgIpc) is 3.24. The molecule has 2 saturated heterocycles. The molecular weight excluding hydrogens is 390 g/mol. The zero-order chi connectivity index (χ0) is 21.6. The van der Waals surface area contributed by atoms with Crippen molar-refractivity contribution in [3.05, 3.63) is 66.2 Å². The molecule has 0 bridgehead atoms. The number of para-hydroxylation sites is 2. The molecule has 3 amide bonds. The Morgan fingerprint density at radius 3 is 2.35 bits per heavy atom. The standard InChI is InChI=1S/C25H27N3O3/c29-23(13-12-19-7-2-1-3-8-19)27-17-14-20(15-18-27)25(31)26-21-9-4-5-10-22(21)28-16-6-11-24(28)30/h1-5,7-10,12-13,20H,6,11,14-18H2,(H,26,31)/b13-12+. The van der Waals surface area contributed by atoms with Gasteiger partial charge in [-0.15, -0.1) is 0 Å². The monoisotopic (exact) mass is 417 g/mol. The van der Waals surface area contributed by atoms with Crippen LogP contribution in [0.2, 0.25) is 0 Å². The van der Waals surface area contributed by atoms with Crippen LogP contribution in [0.1, 0.15) is 31.2 Å². The summed E-state index contributed by atoms with van der Waals surface area (Å²) in [5.74, 6) is -0.131. The number of anilines is 2. The zero-order valence-electron chi connectivity index (χ0n) is 17.5. The first-order chi connectivity index (χ1) is 15.1. The molecular formula is C25H27N3O3. The molecule has 2 aromatic rings. The van der Waals surface area contributed by atoms with Crippen molar-refractivity contribution in [2.75, 3.05) is 29.9 Å². The van der Waals surface area contributed by atoms with Crippen LogP contribution in [0, 0.1) is 5.92 Å². The molecule has 0 saturated carbocycles. The maximum atomic E-state index is 12.9. The second-order valence-corrected chi connectivity index (χ2v) is 8.00. The van der Waals surface area contributed by atoms with Crippen molar-refractivity contribution in [2.24, 2.45) is 5.92 Å². The Hall–Kier alpha value is -3.41. The van der Waals surface area contributed by atoms with Crippen molar-refractivity contribution in [3.63, 3.8) is 0 Å². The molecule has 2 aromatic carbocycles. The van der Waals surface area contributed by atoms with Gasteiger partial charge in [-0.05, 0) is 43.0 Å². The van der Waals surface area contributed by atoms with Crippen LogP contribution in [0.15, 0.2) is 60.7 Å². The van der Waals surface area contributed by atoms with Crippen molar-refractivity contribution in [1.29, 1.82) is 0 Å². The predicted molar refractivity (Wildman–Crippen MR) is 121 cm³/mol. The van der Waals surface area contributed by atoms with Crippen molar-refractivity contribution in [2.45, 2.75) is 25.7 Å². The van der Waals surface area contributed by atoms with Crippen LogP contribution in [0.25, 0.3) is 6.08 Å². The normalized spacial score (nSPS) is 17.4. The van der Waals surface area contributed by atoms with Gasteiger partial charge in [-0.1, -0.05) is 42.5 Å². The fourth-order valence-corrected chi connectivity index (χ4v) is 4.15. The van der Waals surface area contributed by atoms with Gasteiger partial charge in [-0.25, -0.2) is 0 Å². The highest BCUT2D eigenvalue weighted by Gasteiger charge is 2.28. The molecule has 2 aliphatic heterocycles. The average molecular weight is 418 g/mol. The molecule has 6 nitrogen and oxygen atoms in total. The lowest BCUT2D eigenvalue weighted by Crippen LogP contribution is -2.40. The van der Waals surface area contributed by atoms with E-state index in [1.54, 1.807) is 15.9 Å². The number of hydrogen-bond acceptors (Lipinski definition) is 3. The molecule has 0 spiro atoms. The minimum absolute atomic E-state index is 0.0272. The Bertz CT molecular complexity index is 979. The van der Waals surface area contributed by atoms with Crippen LogP contribution in [-0.4, -0.2) is 42.3 Å². The van der Waals surface area contributed by atoms with Crippen molar-refractivity contribution in [3.8, 4) is 0 Å². The summed E-state index contributed by atoms with van der Waals surface area (Å²) in [6.07, 6.45) is 6.06. The Kier molecular flexibility index (Phi) is 6.46. The number of nitrogens with zero attached hydrogens (tertiary/aromatic N) is 2. The summed E-state index contributed by atoms with van der Waals surface area (Å²) >= 11 is 0. The number of likely N-dealkylation sites (tertiary alicyclic amines) is 1. The van der Waals surface area contributed by atoms with Crippen LogP contribution >= 0.6 is 0 Å². The van der Waals surface area contributed by atoms with Crippen molar-refractivity contribution in [1.82, 2.24) is 4.90 Å². The summed E-state index contributed by atoms with van der Waals surface area (Å²) in [6.45, 7) is 1.80. The van der Waals surface area contributed by atoms with Crippen molar-refractivity contribution < 1.29 is 14.4 Å². The molecule has 0 atom stereocenters. The molecule has 1 N–H and O–H groups in total. The van der Waals surface area contributed by atoms with Gasteiger partial charge in [-0.3, -0.25) is 14.4 Å². The first-order valence-electron chi connectivity index (χ1n) is 10.8. The second-order valence-electron chi connectivity index (χ2n) is 8.00. The number of hydrogen-bond donors (Lipinski definition) is 1. The number of piperidine rings is 1. The lowest BCUT2D eigenvalue weighted by atomic mass is 9.95. The molecule has 160 valence electrons. The summed E-state index contributed by atoms with van der Waals surface area (Å²) in [5.41, 5.74) is 2.42. The lowest BCUT2D eigenvalue weighted by Gasteiger charge is -2.31. The minimum Gasteiger partial charge on any atom is -0.339 e. The first-order valence-corrected chi connectivity index (χ1v) is 10.8. The highest BCUT2D eigenvalue weighted by Crippen LogP contribution is 2.30. The number of benzene rings is 2.